The van der Waals surface area contributed by atoms with Crippen molar-refractivity contribution in [3.8, 4) is 11.5 Å². The van der Waals surface area contributed by atoms with Gasteiger partial charge in [-0.15, -0.1) is 0 Å². The topological polar surface area (TPSA) is 38.7 Å². The van der Waals surface area contributed by atoms with E-state index in [-0.39, 0.29) is 17.1 Å². The summed E-state index contributed by atoms with van der Waals surface area (Å²) in [5, 5.41) is 8.77. The number of halogens is 4. The van der Waals surface area contributed by atoms with E-state index in [0.29, 0.717) is 0 Å². The molecule has 0 aromatic heterocycles. The van der Waals surface area contributed by atoms with E-state index in [9.17, 15) is 17.6 Å². The summed E-state index contributed by atoms with van der Waals surface area (Å²) in [7, 11) is 0. The molecule has 0 saturated carbocycles. The molecule has 7 heteroatoms. The van der Waals surface area contributed by atoms with Gasteiger partial charge in [-0.1, -0.05) is 0 Å². The number of hydrogen-bond acceptors (Lipinski definition) is 3. The van der Waals surface area contributed by atoms with Crippen molar-refractivity contribution in [3.05, 3.63) is 23.8 Å². The Morgan fingerprint density at radius 1 is 0.938 bits per heavy atom. The average Bonchev–Trinajstić information content (AvgIpc) is 2.14. The molecule has 0 aliphatic heterocycles. The molecule has 0 aliphatic rings. The molecule has 1 aromatic carbocycles. The lowest BCUT2D eigenvalue weighted by atomic mass is 10.2. The molecule has 16 heavy (non-hydrogen) atoms. The minimum Gasteiger partial charge on any atom is -0.435 e. The Balaban J connectivity index is 2.91. The quantitative estimate of drug-likeness (QED) is 0.803. The van der Waals surface area contributed by atoms with Gasteiger partial charge in [0.1, 0.15) is 11.5 Å². The molecule has 0 radical (unpaired) electrons. The van der Waals surface area contributed by atoms with Crippen molar-refractivity contribution in [2.45, 2.75) is 19.8 Å². The van der Waals surface area contributed by atoms with Crippen LogP contribution in [0.1, 0.15) is 5.56 Å². The molecule has 1 N–H and O–H groups in total. The van der Waals surface area contributed by atoms with Gasteiger partial charge in [0.15, 0.2) is 0 Å². The van der Waals surface area contributed by atoms with E-state index in [4.69, 9.17) is 5.11 Å². The summed E-state index contributed by atoms with van der Waals surface area (Å²) in [6, 6.07) is 3.09. The van der Waals surface area contributed by atoms with Crippen LogP contribution in [0.15, 0.2) is 18.2 Å². The molecule has 0 fully saturated rings. The lowest BCUT2D eigenvalue weighted by Crippen LogP contribution is -2.05. The second-order valence-electron chi connectivity index (χ2n) is 2.73. The summed E-state index contributed by atoms with van der Waals surface area (Å²) in [5.41, 5.74) is 0.133. The summed E-state index contributed by atoms with van der Waals surface area (Å²) in [6.07, 6.45) is 0. The third kappa shape index (κ3) is 3.93. The third-order valence-corrected chi connectivity index (χ3v) is 1.57. The van der Waals surface area contributed by atoms with E-state index in [0.717, 1.165) is 18.2 Å². The van der Waals surface area contributed by atoms with Crippen LogP contribution in [0, 0.1) is 0 Å². The van der Waals surface area contributed by atoms with E-state index in [2.05, 4.69) is 9.47 Å². The number of aliphatic hydroxyl groups is 1. The Hall–Kier alpha value is -1.50. The van der Waals surface area contributed by atoms with Crippen LogP contribution in [-0.2, 0) is 6.61 Å². The van der Waals surface area contributed by atoms with Crippen LogP contribution >= 0.6 is 0 Å². The lowest BCUT2D eigenvalue weighted by molar-refractivity contribution is -0.0544. The average molecular weight is 240 g/mol. The number of hydrogen-bond donors (Lipinski definition) is 1. The lowest BCUT2D eigenvalue weighted by Gasteiger charge is -2.10. The fourth-order valence-electron chi connectivity index (χ4n) is 1.06. The maximum Gasteiger partial charge on any atom is 0.387 e. The molecule has 0 bridgehead atoms. The van der Waals surface area contributed by atoms with Gasteiger partial charge in [-0.2, -0.15) is 17.6 Å². The summed E-state index contributed by atoms with van der Waals surface area (Å²) in [6.45, 7) is -6.65. The van der Waals surface area contributed by atoms with Gasteiger partial charge >= 0.3 is 13.2 Å². The Labute approximate surface area is 88.2 Å². The maximum absolute atomic E-state index is 11.9. The fourth-order valence-corrected chi connectivity index (χ4v) is 1.06. The van der Waals surface area contributed by atoms with E-state index in [1.165, 1.54) is 0 Å². The molecule has 0 amide bonds. The van der Waals surface area contributed by atoms with Crippen LogP contribution in [0.5, 0.6) is 11.5 Å². The van der Waals surface area contributed by atoms with Gasteiger partial charge in [0, 0.05) is 6.07 Å². The first kappa shape index (κ1) is 12.6. The first-order chi connectivity index (χ1) is 7.51. The zero-order valence-electron chi connectivity index (χ0n) is 7.87. The number of benzene rings is 1. The van der Waals surface area contributed by atoms with Crippen LogP contribution in [0.4, 0.5) is 17.6 Å². The molecule has 1 aromatic rings. The number of aliphatic hydroxyl groups excluding tert-OH is 1. The maximum atomic E-state index is 11.9. The number of rotatable bonds is 5. The smallest absolute Gasteiger partial charge is 0.387 e. The first-order valence-corrected chi connectivity index (χ1v) is 4.15. The van der Waals surface area contributed by atoms with Crippen molar-refractivity contribution < 1.29 is 32.1 Å². The van der Waals surface area contributed by atoms with Crippen molar-refractivity contribution in [2.24, 2.45) is 0 Å². The van der Waals surface area contributed by atoms with Gasteiger partial charge in [-0.05, 0) is 17.7 Å². The predicted octanol–water partition coefficient (Wildman–Crippen LogP) is 2.38. The second kappa shape index (κ2) is 5.55. The first-order valence-electron chi connectivity index (χ1n) is 4.15. The van der Waals surface area contributed by atoms with Crippen LogP contribution in [0.25, 0.3) is 0 Å². The van der Waals surface area contributed by atoms with Crippen LogP contribution < -0.4 is 9.47 Å². The largest absolute Gasteiger partial charge is 0.435 e. The molecule has 1 rings (SSSR count). The van der Waals surface area contributed by atoms with E-state index >= 15 is 0 Å². The van der Waals surface area contributed by atoms with Crippen molar-refractivity contribution in [1.82, 2.24) is 0 Å². The standard InChI is InChI=1S/C9H8F4O3/c10-8(11)15-6-1-5(4-14)2-7(3-6)16-9(12)13/h1-3,8-9,14H,4H2. The van der Waals surface area contributed by atoms with Crippen LogP contribution in [0.3, 0.4) is 0 Å². The van der Waals surface area contributed by atoms with Gasteiger partial charge in [-0.25, -0.2) is 0 Å². The van der Waals surface area contributed by atoms with Crippen molar-refractivity contribution in [1.29, 1.82) is 0 Å². The summed E-state index contributed by atoms with van der Waals surface area (Å²) < 4.78 is 55.5. The van der Waals surface area contributed by atoms with E-state index < -0.39 is 19.8 Å². The van der Waals surface area contributed by atoms with Crippen LogP contribution in [0.2, 0.25) is 0 Å². The van der Waals surface area contributed by atoms with Gasteiger partial charge in [0.05, 0.1) is 6.61 Å². The zero-order valence-corrected chi connectivity index (χ0v) is 7.87. The number of ether oxygens (including phenoxy) is 2. The Kier molecular flexibility index (Phi) is 4.36. The van der Waals surface area contributed by atoms with Gasteiger partial charge in [-0.3, -0.25) is 0 Å². The Morgan fingerprint density at radius 3 is 1.69 bits per heavy atom. The highest BCUT2D eigenvalue weighted by Gasteiger charge is 2.10. The molecule has 90 valence electrons. The predicted molar refractivity (Wildman–Crippen MR) is 45.6 cm³/mol. The molecular weight excluding hydrogens is 232 g/mol. The monoisotopic (exact) mass is 240 g/mol. The molecular formula is C9H8F4O3. The van der Waals surface area contributed by atoms with Crippen molar-refractivity contribution >= 4 is 0 Å². The number of alkyl halides is 4. The SMILES string of the molecule is OCc1cc(OC(F)F)cc(OC(F)F)c1. The third-order valence-electron chi connectivity index (χ3n) is 1.57. The highest BCUT2D eigenvalue weighted by Crippen LogP contribution is 2.25. The molecule has 0 atom stereocenters. The van der Waals surface area contributed by atoms with Gasteiger partial charge in [0.25, 0.3) is 0 Å². The van der Waals surface area contributed by atoms with Crippen LogP contribution in [-0.4, -0.2) is 18.3 Å². The molecule has 0 saturated heterocycles. The fraction of sp³-hybridized carbons (Fsp3) is 0.333. The molecule has 0 heterocycles. The molecule has 0 unspecified atom stereocenters. The van der Waals surface area contributed by atoms with Gasteiger partial charge < -0.3 is 14.6 Å². The normalized spacial score (nSPS) is 10.9. The molecule has 3 nitrogen and oxygen atoms in total. The van der Waals surface area contributed by atoms with Gasteiger partial charge in [0.2, 0.25) is 0 Å². The molecule has 0 aliphatic carbocycles. The summed E-state index contributed by atoms with van der Waals surface area (Å²) in [4.78, 5) is 0. The Morgan fingerprint density at radius 2 is 1.38 bits per heavy atom. The summed E-state index contributed by atoms with van der Waals surface area (Å²) in [5.74, 6) is -0.700. The minimum absolute atomic E-state index is 0.133. The van der Waals surface area contributed by atoms with Crippen molar-refractivity contribution in [2.75, 3.05) is 0 Å². The van der Waals surface area contributed by atoms with E-state index in [1.54, 1.807) is 0 Å². The minimum atomic E-state index is -3.08. The molecule has 0 spiro atoms. The van der Waals surface area contributed by atoms with E-state index in [1.807, 2.05) is 0 Å². The summed E-state index contributed by atoms with van der Waals surface area (Å²) >= 11 is 0. The highest BCUT2D eigenvalue weighted by atomic mass is 19.3. The van der Waals surface area contributed by atoms with Crippen molar-refractivity contribution in [3.63, 3.8) is 0 Å². The Bertz CT molecular complexity index is 315. The zero-order chi connectivity index (χ0) is 12.1. The highest BCUT2D eigenvalue weighted by molar-refractivity contribution is 5.38. The second-order valence-corrected chi connectivity index (χ2v) is 2.73.